The predicted octanol–water partition coefficient (Wildman–Crippen LogP) is 2.14. The largest absolute Gasteiger partial charge is 0.352 e. The lowest BCUT2D eigenvalue weighted by atomic mass is 9.98. The molecule has 4 nitrogen and oxygen atoms in total. The van der Waals surface area contributed by atoms with E-state index in [2.05, 4.69) is 36.3 Å². The van der Waals surface area contributed by atoms with Crippen LogP contribution in [-0.4, -0.2) is 48.6 Å². The van der Waals surface area contributed by atoms with Crippen molar-refractivity contribution < 1.29 is 4.79 Å². The molecule has 0 aromatic heterocycles. The summed E-state index contributed by atoms with van der Waals surface area (Å²) in [4.78, 5) is 14.9. The Morgan fingerprint density at radius 1 is 1.33 bits per heavy atom. The van der Waals surface area contributed by atoms with Gasteiger partial charge in [0.2, 0.25) is 5.91 Å². The molecular formula is C17H33N3O. The fourth-order valence-corrected chi connectivity index (χ4v) is 3.43. The van der Waals surface area contributed by atoms with Gasteiger partial charge >= 0.3 is 0 Å². The molecule has 1 amide bonds. The fourth-order valence-electron chi connectivity index (χ4n) is 3.43. The van der Waals surface area contributed by atoms with Gasteiger partial charge < -0.3 is 10.6 Å². The van der Waals surface area contributed by atoms with Crippen LogP contribution in [0.3, 0.4) is 0 Å². The number of nitrogens with zero attached hydrogens (tertiary/aromatic N) is 1. The fraction of sp³-hybridized carbons (Fsp3) is 0.941. The second-order valence-corrected chi connectivity index (χ2v) is 7.01. The highest BCUT2D eigenvalue weighted by Crippen LogP contribution is 2.30. The third-order valence-corrected chi connectivity index (χ3v) is 4.87. The summed E-state index contributed by atoms with van der Waals surface area (Å²) < 4.78 is 0. The van der Waals surface area contributed by atoms with Gasteiger partial charge in [0.05, 0.1) is 6.04 Å². The van der Waals surface area contributed by atoms with Crippen molar-refractivity contribution in [3.05, 3.63) is 0 Å². The molecule has 0 spiro atoms. The molecule has 0 aromatic carbocycles. The number of amides is 1. The zero-order valence-corrected chi connectivity index (χ0v) is 14.0. The first kappa shape index (κ1) is 16.8. The van der Waals surface area contributed by atoms with E-state index in [-0.39, 0.29) is 11.9 Å². The van der Waals surface area contributed by atoms with Crippen molar-refractivity contribution >= 4 is 5.91 Å². The average molecular weight is 295 g/mol. The molecule has 3 atom stereocenters. The Balaban J connectivity index is 1.85. The number of rotatable bonds is 8. The number of carbonyl (C=O) groups excluding carboxylic acids is 1. The van der Waals surface area contributed by atoms with Crippen molar-refractivity contribution in [3.8, 4) is 0 Å². The van der Waals surface area contributed by atoms with E-state index in [4.69, 9.17) is 0 Å². The van der Waals surface area contributed by atoms with Crippen molar-refractivity contribution in [2.24, 2.45) is 5.92 Å². The molecule has 1 saturated heterocycles. The molecule has 2 N–H and O–H groups in total. The Morgan fingerprint density at radius 3 is 2.67 bits per heavy atom. The quantitative estimate of drug-likeness (QED) is 0.721. The smallest absolute Gasteiger partial charge is 0.237 e. The third-order valence-electron chi connectivity index (χ3n) is 4.87. The van der Waals surface area contributed by atoms with E-state index in [1.54, 1.807) is 0 Å². The lowest BCUT2D eigenvalue weighted by Gasteiger charge is -2.34. The Hall–Kier alpha value is -0.610. The van der Waals surface area contributed by atoms with Gasteiger partial charge in [-0.1, -0.05) is 13.3 Å². The second kappa shape index (κ2) is 8.14. The molecule has 1 aliphatic carbocycles. The summed E-state index contributed by atoms with van der Waals surface area (Å²) in [5.41, 5.74) is 0. The number of hydrogen-bond acceptors (Lipinski definition) is 3. The number of hydrogen-bond donors (Lipinski definition) is 2. The van der Waals surface area contributed by atoms with Crippen LogP contribution in [0.1, 0.15) is 59.3 Å². The molecule has 2 fully saturated rings. The van der Waals surface area contributed by atoms with Crippen molar-refractivity contribution in [1.82, 2.24) is 15.5 Å². The van der Waals surface area contributed by atoms with Crippen LogP contribution in [0.5, 0.6) is 0 Å². The van der Waals surface area contributed by atoms with E-state index in [0.29, 0.717) is 18.0 Å². The first-order valence-electron chi connectivity index (χ1n) is 8.88. The normalized spacial score (nSPS) is 25.6. The minimum absolute atomic E-state index is 0.0127. The van der Waals surface area contributed by atoms with Gasteiger partial charge in [-0.3, -0.25) is 9.69 Å². The van der Waals surface area contributed by atoms with E-state index in [1.165, 1.54) is 25.7 Å². The van der Waals surface area contributed by atoms with Gasteiger partial charge in [-0.25, -0.2) is 0 Å². The molecule has 3 unspecified atom stereocenters. The highest BCUT2D eigenvalue weighted by atomic mass is 16.2. The lowest BCUT2D eigenvalue weighted by Crippen LogP contribution is -2.51. The summed E-state index contributed by atoms with van der Waals surface area (Å²) in [7, 11) is 0. The average Bonchev–Trinajstić information content (AvgIpc) is 3.30. The highest BCUT2D eigenvalue weighted by Gasteiger charge is 2.36. The molecule has 1 heterocycles. The van der Waals surface area contributed by atoms with Crippen LogP contribution in [0.4, 0.5) is 0 Å². The highest BCUT2D eigenvalue weighted by molar-refractivity contribution is 5.81. The summed E-state index contributed by atoms with van der Waals surface area (Å²) >= 11 is 0. The summed E-state index contributed by atoms with van der Waals surface area (Å²) in [5.74, 6) is 0.925. The summed E-state index contributed by atoms with van der Waals surface area (Å²) in [6, 6.07) is 0.954. The number of carbonyl (C=O) groups is 1. The van der Waals surface area contributed by atoms with Gasteiger partial charge in [0.1, 0.15) is 0 Å². The number of piperidine rings is 1. The Bertz CT molecular complexity index is 324. The predicted molar refractivity (Wildman–Crippen MR) is 87.3 cm³/mol. The Kier molecular flexibility index (Phi) is 6.49. The standard InChI is InChI=1S/C17H33N3O/c1-4-6-13(2)19-17(21)14(3)20(16-8-9-16)12-15-7-5-10-18-11-15/h13-16,18H,4-12H2,1-3H3,(H,19,21). The first-order valence-corrected chi connectivity index (χ1v) is 8.88. The van der Waals surface area contributed by atoms with Crippen LogP contribution in [0, 0.1) is 5.92 Å². The molecule has 4 heteroatoms. The van der Waals surface area contributed by atoms with Crippen molar-refractivity contribution in [3.63, 3.8) is 0 Å². The minimum Gasteiger partial charge on any atom is -0.352 e. The van der Waals surface area contributed by atoms with Crippen LogP contribution in [0.2, 0.25) is 0 Å². The van der Waals surface area contributed by atoms with E-state index < -0.39 is 0 Å². The van der Waals surface area contributed by atoms with Crippen LogP contribution < -0.4 is 10.6 Å². The SMILES string of the molecule is CCCC(C)NC(=O)C(C)N(CC1CCCNC1)C1CC1. The van der Waals surface area contributed by atoms with Crippen LogP contribution in [-0.2, 0) is 4.79 Å². The lowest BCUT2D eigenvalue weighted by molar-refractivity contribution is -0.127. The van der Waals surface area contributed by atoms with Crippen molar-refractivity contribution in [1.29, 1.82) is 0 Å². The monoisotopic (exact) mass is 295 g/mol. The van der Waals surface area contributed by atoms with Gasteiger partial charge in [-0.05, 0) is 65.0 Å². The van der Waals surface area contributed by atoms with Crippen LogP contribution >= 0.6 is 0 Å². The summed E-state index contributed by atoms with van der Waals surface area (Å²) in [5, 5.41) is 6.67. The molecule has 21 heavy (non-hydrogen) atoms. The zero-order valence-electron chi connectivity index (χ0n) is 14.0. The molecular weight excluding hydrogens is 262 g/mol. The van der Waals surface area contributed by atoms with Crippen LogP contribution in [0.25, 0.3) is 0 Å². The molecule has 122 valence electrons. The summed E-state index contributed by atoms with van der Waals surface area (Å²) in [6.07, 6.45) is 7.29. The molecule has 2 rings (SSSR count). The second-order valence-electron chi connectivity index (χ2n) is 7.01. The van der Waals surface area contributed by atoms with Crippen molar-refractivity contribution in [2.75, 3.05) is 19.6 Å². The maximum atomic E-state index is 12.5. The molecule has 0 bridgehead atoms. The Morgan fingerprint density at radius 2 is 2.10 bits per heavy atom. The topological polar surface area (TPSA) is 44.4 Å². The van der Waals surface area contributed by atoms with E-state index in [1.807, 2.05) is 0 Å². The van der Waals surface area contributed by atoms with Gasteiger partial charge in [0.25, 0.3) is 0 Å². The zero-order chi connectivity index (χ0) is 15.2. The first-order chi connectivity index (χ1) is 10.1. The van der Waals surface area contributed by atoms with E-state index >= 15 is 0 Å². The van der Waals surface area contributed by atoms with Gasteiger partial charge in [-0.15, -0.1) is 0 Å². The maximum Gasteiger partial charge on any atom is 0.237 e. The molecule has 1 saturated carbocycles. The van der Waals surface area contributed by atoms with Crippen LogP contribution in [0.15, 0.2) is 0 Å². The van der Waals surface area contributed by atoms with Gasteiger partial charge in [-0.2, -0.15) is 0 Å². The third kappa shape index (κ3) is 5.26. The van der Waals surface area contributed by atoms with Crippen molar-refractivity contribution in [2.45, 2.75) is 77.4 Å². The van der Waals surface area contributed by atoms with Gasteiger partial charge in [0, 0.05) is 18.6 Å². The van der Waals surface area contributed by atoms with E-state index in [9.17, 15) is 4.79 Å². The van der Waals surface area contributed by atoms with Gasteiger partial charge in [0.15, 0.2) is 0 Å². The van der Waals surface area contributed by atoms with E-state index in [0.717, 1.165) is 32.5 Å². The molecule has 2 aliphatic rings. The number of nitrogens with one attached hydrogen (secondary N) is 2. The molecule has 0 aromatic rings. The summed E-state index contributed by atoms with van der Waals surface area (Å²) in [6.45, 7) is 9.71. The minimum atomic E-state index is 0.0127. The maximum absolute atomic E-state index is 12.5. The Labute approximate surface area is 130 Å². The molecule has 0 radical (unpaired) electrons. The molecule has 1 aliphatic heterocycles.